The number of nitrogens with two attached hydrogens (primary N) is 1. The predicted molar refractivity (Wildman–Crippen MR) is 83.3 cm³/mol. The Kier molecular flexibility index (Phi) is 5.24. The van der Waals surface area contributed by atoms with Crippen LogP contribution < -0.4 is 10.5 Å². The van der Waals surface area contributed by atoms with Crippen LogP contribution in [-0.4, -0.2) is 37.0 Å². The zero-order valence-electron chi connectivity index (χ0n) is 12.7. The molecule has 2 N–H and O–H groups in total. The largest absolute Gasteiger partial charge is 0.495 e. The minimum absolute atomic E-state index is 0.0813. The van der Waals surface area contributed by atoms with Gasteiger partial charge in [0.15, 0.2) is 0 Å². The topological polar surface area (TPSA) is 55.6 Å². The number of hydrogen-bond acceptors (Lipinski definition) is 3. The summed E-state index contributed by atoms with van der Waals surface area (Å²) in [7, 11) is 1.60. The van der Waals surface area contributed by atoms with E-state index in [9.17, 15) is 4.79 Å². The van der Waals surface area contributed by atoms with Gasteiger partial charge in [-0.1, -0.05) is 18.8 Å². The Morgan fingerprint density at radius 2 is 2.24 bits per heavy atom. The maximum atomic E-state index is 12.7. The molecular weight excluding hydrogens is 264 g/mol. The molecule has 112 valence electrons. The van der Waals surface area contributed by atoms with Crippen LogP contribution in [0.25, 0.3) is 0 Å². The summed E-state index contributed by atoms with van der Waals surface area (Å²) in [5, 5.41) is 0. The zero-order chi connectivity index (χ0) is 15.2. The molecule has 4 nitrogen and oxygen atoms in total. The first-order valence-electron chi connectivity index (χ1n) is 7.39. The summed E-state index contributed by atoms with van der Waals surface area (Å²) < 4.78 is 5.28. The predicted octanol–water partition coefficient (Wildman–Crippen LogP) is 2.02. The van der Waals surface area contributed by atoms with Gasteiger partial charge in [-0.15, -0.1) is 0 Å². The first kappa shape index (κ1) is 15.4. The lowest BCUT2D eigenvalue weighted by Crippen LogP contribution is -2.33. The molecule has 0 spiro atoms. The van der Waals surface area contributed by atoms with Crippen LogP contribution >= 0.6 is 0 Å². The molecule has 1 aromatic carbocycles. The Morgan fingerprint density at radius 1 is 1.48 bits per heavy atom. The first-order valence-corrected chi connectivity index (χ1v) is 7.39. The summed E-state index contributed by atoms with van der Waals surface area (Å²) >= 11 is 0. The number of carbonyl (C=O) groups excluding carboxylic acids is 1. The molecule has 1 aliphatic carbocycles. The van der Waals surface area contributed by atoms with Gasteiger partial charge in [-0.3, -0.25) is 4.79 Å². The molecule has 1 aromatic rings. The number of amides is 1. The van der Waals surface area contributed by atoms with E-state index in [-0.39, 0.29) is 12.5 Å². The van der Waals surface area contributed by atoms with Gasteiger partial charge in [0, 0.05) is 18.2 Å². The average molecular weight is 286 g/mol. The summed E-state index contributed by atoms with van der Waals surface area (Å²) in [6.07, 6.45) is 3.20. The van der Waals surface area contributed by atoms with Crippen LogP contribution in [-0.2, 0) is 0 Å². The fourth-order valence-corrected chi connectivity index (χ4v) is 2.33. The first-order chi connectivity index (χ1) is 10.2. The maximum Gasteiger partial charge on any atom is 0.254 e. The third kappa shape index (κ3) is 3.77. The van der Waals surface area contributed by atoms with Crippen LogP contribution in [0.3, 0.4) is 0 Å². The van der Waals surface area contributed by atoms with E-state index in [0.29, 0.717) is 22.9 Å². The molecule has 0 aliphatic heterocycles. The van der Waals surface area contributed by atoms with Crippen molar-refractivity contribution in [1.29, 1.82) is 0 Å². The van der Waals surface area contributed by atoms with Crippen molar-refractivity contribution >= 4 is 5.91 Å². The molecule has 0 bridgehead atoms. The van der Waals surface area contributed by atoms with Gasteiger partial charge < -0.3 is 15.4 Å². The zero-order valence-corrected chi connectivity index (χ0v) is 12.7. The third-order valence-corrected chi connectivity index (χ3v) is 3.48. The van der Waals surface area contributed by atoms with Gasteiger partial charge >= 0.3 is 0 Å². The molecule has 0 radical (unpaired) electrons. The quantitative estimate of drug-likeness (QED) is 0.843. The van der Waals surface area contributed by atoms with E-state index in [1.165, 1.54) is 0 Å². The number of benzene rings is 1. The number of ether oxygens (including phenoxy) is 1. The smallest absolute Gasteiger partial charge is 0.254 e. The highest BCUT2D eigenvalue weighted by Crippen LogP contribution is 2.29. The Labute approximate surface area is 126 Å². The van der Waals surface area contributed by atoms with Crippen molar-refractivity contribution in [2.45, 2.75) is 32.2 Å². The molecule has 1 fully saturated rings. The fourth-order valence-electron chi connectivity index (χ4n) is 2.33. The molecule has 0 unspecified atom stereocenters. The van der Waals surface area contributed by atoms with Gasteiger partial charge in [0.2, 0.25) is 0 Å². The molecule has 2 rings (SSSR count). The summed E-state index contributed by atoms with van der Waals surface area (Å²) in [5.41, 5.74) is 6.79. The van der Waals surface area contributed by atoms with Gasteiger partial charge in [0.1, 0.15) is 5.75 Å². The lowest BCUT2D eigenvalue weighted by molar-refractivity contribution is 0.0743. The maximum absolute atomic E-state index is 12.7. The lowest BCUT2D eigenvalue weighted by atomic mass is 10.1. The summed E-state index contributed by atoms with van der Waals surface area (Å²) in [5.74, 6) is 6.52. The van der Waals surface area contributed by atoms with E-state index < -0.39 is 0 Å². The van der Waals surface area contributed by atoms with Gasteiger partial charge in [-0.2, -0.15) is 0 Å². The molecular formula is C17H22N2O2. The van der Waals surface area contributed by atoms with E-state index in [4.69, 9.17) is 10.5 Å². The highest BCUT2D eigenvalue weighted by molar-refractivity contribution is 5.95. The molecule has 21 heavy (non-hydrogen) atoms. The second-order valence-corrected chi connectivity index (χ2v) is 5.15. The van der Waals surface area contributed by atoms with Gasteiger partial charge in [-0.25, -0.2) is 0 Å². The van der Waals surface area contributed by atoms with Crippen molar-refractivity contribution in [1.82, 2.24) is 4.90 Å². The van der Waals surface area contributed by atoms with E-state index in [0.717, 1.165) is 25.8 Å². The van der Waals surface area contributed by atoms with Crippen molar-refractivity contribution in [2.75, 3.05) is 20.2 Å². The average Bonchev–Trinajstić information content (AvgIpc) is 3.34. The van der Waals surface area contributed by atoms with Gasteiger partial charge in [0.25, 0.3) is 5.91 Å². The summed E-state index contributed by atoms with van der Waals surface area (Å²) in [6, 6.07) is 5.82. The molecule has 0 atom stereocenters. The molecule has 1 saturated carbocycles. The second-order valence-electron chi connectivity index (χ2n) is 5.15. The number of nitrogens with zero attached hydrogens (tertiary/aromatic N) is 1. The third-order valence-electron chi connectivity index (χ3n) is 3.48. The van der Waals surface area contributed by atoms with Crippen molar-refractivity contribution in [3.8, 4) is 17.6 Å². The molecule has 0 heterocycles. The highest BCUT2D eigenvalue weighted by Gasteiger charge is 2.32. The summed E-state index contributed by atoms with van der Waals surface area (Å²) in [4.78, 5) is 14.6. The van der Waals surface area contributed by atoms with Crippen LogP contribution in [0, 0.1) is 11.8 Å². The monoisotopic (exact) mass is 286 g/mol. The SMILES string of the molecule is CCCN(C(=O)c1ccc(OC)c(C#CCN)c1)C1CC1. The molecule has 1 aliphatic rings. The van der Waals surface area contributed by atoms with E-state index in [1.807, 2.05) is 4.90 Å². The fraction of sp³-hybridized carbons (Fsp3) is 0.471. The Morgan fingerprint density at radius 3 is 2.81 bits per heavy atom. The van der Waals surface area contributed by atoms with Crippen LogP contribution in [0.1, 0.15) is 42.1 Å². The lowest BCUT2D eigenvalue weighted by Gasteiger charge is -2.22. The van der Waals surface area contributed by atoms with Crippen molar-refractivity contribution in [2.24, 2.45) is 5.73 Å². The number of rotatable bonds is 5. The Balaban J connectivity index is 2.28. The van der Waals surface area contributed by atoms with Crippen LogP contribution in [0.4, 0.5) is 0 Å². The summed E-state index contributed by atoms with van der Waals surface area (Å²) in [6.45, 7) is 3.18. The second kappa shape index (κ2) is 7.14. The van der Waals surface area contributed by atoms with Gasteiger partial charge in [-0.05, 0) is 37.5 Å². The standard InChI is InChI=1S/C17H22N2O2/c1-3-11-19(15-7-8-15)17(20)14-6-9-16(21-2)13(12-14)5-4-10-18/h6,9,12,15H,3,7-8,10-11,18H2,1-2H3. The number of methoxy groups -OCH3 is 1. The number of hydrogen-bond donors (Lipinski definition) is 1. The Bertz CT molecular complexity index is 568. The van der Waals surface area contributed by atoms with Crippen LogP contribution in [0.15, 0.2) is 18.2 Å². The molecule has 4 heteroatoms. The normalized spacial score (nSPS) is 13.3. The van der Waals surface area contributed by atoms with Gasteiger partial charge in [0.05, 0.1) is 19.2 Å². The van der Waals surface area contributed by atoms with Crippen LogP contribution in [0.5, 0.6) is 5.75 Å². The van der Waals surface area contributed by atoms with Crippen molar-refractivity contribution in [3.63, 3.8) is 0 Å². The molecule has 1 amide bonds. The highest BCUT2D eigenvalue weighted by atomic mass is 16.5. The van der Waals surface area contributed by atoms with E-state index >= 15 is 0 Å². The molecule has 0 saturated heterocycles. The van der Waals surface area contributed by atoms with E-state index in [1.54, 1.807) is 25.3 Å². The molecule has 0 aromatic heterocycles. The van der Waals surface area contributed by atoms with E-state index in [2.05, 4.69) is 18.8 Å². The van der Waals surface area contributed by atoms with Crippen molar-refractivity contribution < 1.29 is 9.53 Å². The minimum Gasteiger partial charge on any atom is -0.495 e. The van der Waals surface area contributed by atoms with Crippen molar-refractivity contribution in [3.05, 3.63) is 29.3 Å². The minimum atomic E-state index is 0.0813. The Hall–Kier alpha value is -1.99. The number of carbonyl (C=O) groups is 1. The van der Waals surface area contributed by atoms with Crippen LogP contribution in [0.2, 0.25) is 0 Å².